The van der Waals surface area contributed by atoms with Crippen molar-refractivity contribution in [1.29, 1.82) is 0 Å². The highest BCUT2D eigenvalue weighted by molar-refractivity contribution is 6.30. The maximum absolute atomic E-state index is 5.83. The van der Waals surface area contributed by atoms with Crippen molar-refractivity contribution >= 4 is 11.6 Å². The van der Waals surface area contributed by atoms with Gasteiger partial charge in [-0.3, -0.25) is 0 Å². The molecule has 0 saturated carbocycles. The largest absolute Gasteiger partial charge is 0.444 e. The lowest BCUT2D eigenvalue weighted by atomic mass is 10.2. The van der Waals surface area contributed by atoms with Crippen LogP contribution in [-0.2, 0) is 6.42 Å². The number of benzene rings is 1. The van der Waals surface area contributed by atoms with Crippen LogP contribution >= 0.6 is 11.6 Å². The zero-order chi connectivity index (χ0) is 12.3. The molecule has 4 heteroatoms. The van der Waals surface area contributed by atoms with Crippen LogP contribution in [0.1, 0.15) is 12.6 Å². The Morgan fingerprint density at radius 2 is 2.06 bits per heavy atom. The van der Waals surface area contributed by atoms with Crippen molar-refractivity contribution in [3.05, 3.63) is 41.2 Å². The number of halogens is 1. The zero-order valence-corrected chi connectivity index (χ0v) is 10.7. The van der Waals surface area contributed by atoms with Gasteiger partial charge in [0.15, 0.2) is 0 Å². The lowest BCUT2D eigenvalue weighted by molar-refractivity contribution is 0.565. The third kappa shape index (κ3) is 3.08. The summed E-state index contributed by atoms with van der Waals surface area (Å²) in [5, 5.41) is 3.88. The van der Waals surface area contributed by atoms with E-state index in [9.17, 15) is 0 Å². The fourth-order valence-corrected chi connectivity index (χ4v) is 1.67. The number of hydrogen-bond donors (Lipinski definition) is 1. The summed E-state index contributed by atoms with van der Waals surface area (Å²) in [6.45, 7) is 2.11. The molecule has 0 aliphatic carbocycles. The molecule has 90 valence electrons. The van der Waals surface area contributed by atoms with Crippen molar-refractivity contribution in [3.8, 4) is 11.5 Å². The lowest BCUT2D eigenvalue weighted by Crippen LogP contribution is -2.23. The maximum atomic E-state index is 5.83. The average Bonchev–Trinajstić information content (AvgIpc) is 2.78. The first-order chi connectivity index (χ1) is 8.19. The van der Waals surface area contributed by atoms with Crippen LogP contribution in [0.3, 0.4) is 0 Å². The van der Waals surface area contributed by atoms with E-state index in [1.165, 1.54) is 0 Å². The molecule has 0 fully saturated rings. The molecule has 3 nitrogen and oxygen atoms in total. The van der Waals surface area contributed by atoms with E-state index in [-0.39, 0.29) is 0 Å². The van der Waals surface area contributed by atoms with Crippen LogP contribution in [0.5, 0.6) is 0 Å². The summed E-state index contributed by atoms with van der Waals surface area (Å²) in [7, 11) is 1.94. The number of hydrogen-bond acceptors (Lipinski definition) is 3. The van der Waals surface area contributed by atoms with Gasteiger partial charge in [-0.05, 0) is 38.2 Å². The molecule has 0 spiro atoms. The number of nitrogens with one attached hydrogen (secondary N) is 1. The fraction of sp³-hybridized carbons (Fsp3) is 0.308. The number of rotatable bonds is 4. The Morgan fingerprint density at radius 3 is 2.71 bits per heavy atom. The van der Waals surface area contributed by atoms with Gasteiger partial charge < -0.3 is 9.73 Å². The van der Waals surface area contributed by atoms with Crippen LogP contribution in [0, 0.1) is 0 Å². The van der Waals surface area contributed by atoms with Gasteiger partial charge in [-0.25, -0.2) is 4.98 Å². The highest BCUT2D eigenvalue weighted by Crippen LogP contribution is 2.21. The van der Waals surface area contributed by atoms with Crippen LogP contribution in [-0.4, -0.2) is 18.1 Å². The van der Waals surface area contributed by atoms with E-state index >= 15 is 0 Å². The second-order valence-corrected chi connectivity index (χ2v) is 4.48. The lowest BCUT2D eigenvalue weighted by Gasteiger charge is -2.05. The first-order valence-corrected chi connectivity index (χ1v) is 5.94. The Hall–Kier alpha value is -1.32. The minimum Gasteiger partial charge on any atom is -0.444 e. The van der Waals surface area contributed by atoms with Gasteiger partial charge in [0.25, 0.3) is 0 Å². The van der Waals surface area contributed by atoms with Gasteiger partial charge in [0.2, 0.25) is 5.89 Å². The second kappa shape index (κ2) is 5.34. The van der Waals surface area contributed by atoms with Crippen molar-refractivity contribution in [2.24, 2.45) is 0 Å². The van der Waals surface area contributed by atoms with Crippen molar-refractivity contribution in [2.45, 2.75) is 19.4 Å². The molecule has 0 aliphatic heterocycles. The molecule has 0 aliphatic rings. The standard InChI is InChI=1S/C13H15ClN2O/c1-9(15-2)7-12-8-17-13(16-12)10-3-5-11(14)6-4-10/h3-6,8-9,15H,7H2,1-2H3. The third-order valence-electron chi connectivity index (χ3n) is 2.65. The number of aromatic nitrogens is 1. The molecule has 1 aromatic carbocycles. The van der Waals surface area contributed by atoms with Gasteiger partial charge in [-0.1, -0.05) is 11.6 Å². The summed E-state index contributed by atoms with van der Waals surface area (Å²) in [6.07, 6.45) is 2.56. The van der Waals surface area contributed by atoms with Gasteiger partial charge in [-0.15, -0.1) is 0 Å². The number of likely N-dealkylation sites (N-methyl/N-ethyl adjacent to an activating group) is 1. The van der Waals surface area contributed by atoms with E-state index in [0.717, 1.165) is 17.7 Å². The van der Waals surface area contributed by atoms with Crippen LogP contribution in [0.15, 0.2) is 34.9 Å². The quantitative estimate of drug-likeness (QED) is 0.906. The Bertz CT molecular complexity index is 478. The van der Waals surface area contributed by atoms with Gasteiger partial charge >= 0.3 is 0 Å². The number of oxazole rings is 1. The predicted octanol–water partition coefficient (Wildman–Crippen LogP) is 3.15. The third-order valence-corrected chi connectivity index (χ3v) is 2.90. The van der Waals surface area contributed by atoms with E-state index in [0.29, 0.717) is 17.0 Å². The van der Waals surface area contributed by atoms with Gasteiger partial charge in [-0.2, -0.15) is 0 Å². The Labute approximate surface area is 106 Å². The summed E-state index contributed by atoms with van der Waals surface area (Å²) in [5.74, 6) is 0.639. The summed E-state index contributed by atoms with van der Waals surface area (Å²) in [6, 6.07) is 7.85. The van der Waals surface area contributed by atoms with Crippen LogP contribution in [0.25, 0.3) is 11.5 Å². The second-order valence-electron chi connectivity index (χ2n) is 4.04. The summed E-state index contributed by atoms with van der Waals surface area (Å²) >= 11 is 5.83. The Balaban J connectivity index is 2.15. The molecule has 2 aromatic rings. The molecule has 17 heavy (non-hydrogen) atoms. The molecule has 2 rings (SSSR count). The van der Waals surface area contributed by atoms with Crippen LogP contribution in [0.4, 0.5) is 0 Å². The highest BCUT2D eigenvalue weighted by Gasteiger charge is 2.08. The highest BCUT2D eigenvalue weighted by atomic mass is 35.5. The average molecular weight is 251 g/mol. The molecule has 1 aromatic heterocycles. The summed E-state index contributed by atoms with van der Waals surface area (Å²) in [4.78, 5) is 4.45. The molecular weight excluding hydrogens is 236 g/mol. The smallest absolute Gasteiger partial charge is 0.226 e. The summed E-state index contributed by atoms with van der Waals surface area (Å²) in [5.41, 5.74) is 1.90. The Morgan fingerprint density at radius 1 is 1.35 bits per heavy atom. The molecule has 1 atom stereocenters. The van der Waals surface area contributed by atoms with Crippen LogP contribution < -0.4 is 5.32 Å². The van der Waals surface area contributed by atoms with Crippen molar-refractivity contribution < 1.29 is 4.42 Å². The fourth-order valence-electron chi connectivity index (χ4n) is 1.54. The molecule has 0 saturated heterocycles. The van der Waals surface area contributed by atoms with Crippen molar-refractivity contribution in [3.63, 3.8) is 0 Å². The van der Waals surface area contributed by atoms with E-state index in [1.54, 1.807) is 6.26 Å². The summed E-state index contributed by atoms with van der Waals surface area (Å²) < 4.78 is 5.45. The minimum absolute atomic E-state index is 0.387. The molecule has 0 amide bonds. The van der Waals surface area contributed by atoms with Gasteiger partial charge in [0, 0.05) is 23.0 Å². The molecular formula is C13H15ClN2O. The molecule has 0 radical (unpaired) electrons. The molecule has 1 heterocycles. The topological polar surface area (TPSA) is 38.1 Å². The zero-order valence-electron chi connectivity index (χ0n) is 9.90. The molecule has 0 bridgehead atoms. The van der Waals surface area contributed by atoms with E-state index in [4.69, 9.17) is 16.0 Å². The van der Waals surface area contributed by atoms with Gasteiger partial charge in [0.05, 0.1) is 5.69 Å². The van der Waals surface area contributed by atoms with Gasteiger partial charge in [0.1, 0.15) is 6.26 Å². The first kappa shape index (κ1) is 12.1. The minimum atomic E-state index is 0.387. The maximum Gasteiger partial charge on any atom is 0.226 e. The van der Waals surface area contributed by atoms with Crippen LogP contribution in [0.2, 0.25) is 5.02 Å². The van der Waals surface area contributed by atoms with Crippen molar-refractivity contribution in [2.75, 3.05) is 7.05 Å². The van der Waals surface area contributed by atoms with E-state index in [1.807, 2.05) is 31.3 Å². The Kier molecular flexibility index (Phi) is 3.82. The van der Waals surface area contributed by atoms with E-state index in [2.05, 4.69) is 17.2 Å². The predicted molar refractivity (Wildman–Crippen MR) is 69.2 cm³/mol. The first-order valence-electron chi connectivity index (χ1n) is 5.56. The molecule has 1 N–H and O–H groups in total. The van der Waals surface area contributed by atoms with Crippen molar-refractivity contribution in [1.82, 2.24) is 10.3 Å². The monoisotopic (exact) mass is 250 g/mol. The SMILES string of the molecule is CNC(C)Cc1coc(-c2ccc(Cl)cc2)n1. The molecule has 1 unspecified atom stereocenters. The number of nitrogens with zero attached hydrogens (tertiary/aromatic N) is 1. The van der Waals surface area contributed by atoms with E-state index < -0.39 is 0 Å². The normalized spacial score (nSPS) is 12.6.